The highest BCUT2D eigenvalue weighted by Gasteiger charge is 2.39. The number of amides is 3. The monoisotopic (exact) mass is 709 g/mol. The predicted octanol–water partition coefficient (Wildman–Crippen LogP) is 4.29. The summed E-state index contributed by atoms with van der Waals surface area (Å²) in [5, 5.41) is 16.4. The summed E-state index contributed by atoms with van der Waals surface area (Å²) < 4.78 is 20.7. The lowest BCUT2D eigenvalue weighted by molar-refractivity contribution is -0.753. The molecule has 3 heterocycles. The van der Waals surface area contributed by atoms with Crippen molar-refractivity contribution in [3.05, 3.63) is 108 Å². The number of benzene rings is 3. The van der Waals surface area contributed by atoms with E-state index in [1.54, 1.807) is 31.4 Å². The van der Waals surface area contributed by atoms with Gasteiger partial charge in [0.2, 0.25) is 12.0 Å². The molecule has 3 amide bonds. The van der Waals surface area contributed by atoms with Crippen LogP contribution in [0.3, 0.4) is 0 Å². The molecule has 270 valence electrons. The topological polar surface area (TPSA) is 156 Å². The van der Waals surface area contributed by atoms with Crippen molar-refractivity contribution in [2.75, 3.05) is 20.3 Å². The maximum atomic E-state index is 13.1. The van der Waals surface area contributed by atoms with Crippen molar-refractivity contribution in [2.24, 2.45) is 7.05 Å². The molecule has 1 unspecified atom stereocenters. The number of methoxy groups -OCH3 is 1. The Hall–Kier alpha value is -6.09. The molecule has 1 N–H and O–H groups in total. The van der Waals surface area contributed by atoms with Gasteiger partial charge < -0.3 is 19.5 Å². The average Bonchev–Trinajstić information content (AvgIpc) is 3.81. The molecule has 0 aliphatic carbocycles. The number of alkyl carbamates (subject to hydrolysis) is 1. The maximum absolute atomic E-state index is 13.1. The summed E-state index contributed by atoms with van der Waals surface area (Å²) in [6, 6.07) is 21.5. The first kappa shape index (κ1) is 35.7. The highest BCUT2D eigenvalue weighted by atomic mass is 16.7. The molecule has 0 spiro atoms. The smallest absolute Gasteiger partial charge is 0.407 e. The number of rotatable bonds is 14. The van der Waals surface area contributed by atoms with Gasteiger partial charge in [-0.1, -0.05) is 36.4 Å². The molecular formula is C37H41N8O7+. The molecule has 0 saturated heterocycles. The van der Waals surface area contributed by atoms with Crippen LogP contribution in [0.2, 0.25) is 0 Å². The fourth-order valence-electron chi connectivity index (χ4n) is 5.48. The van der Waals surface area contributed by atoms with Gasteiger partial charge in [-0.2, -0.15) is 9.48 Å². The summed E-state index contributed by atoms with van der Waals surface area (Å²) in [4.78, 5) is 45.6. The molecule has 6 rings (SSSR count). The van der Waals surface area contributed by atoms with Crippen molar-refractivity contribution in [3.8, 4) is 22.6 Å². The number of tetrazole rings is 1. The standard InChI is InChI=1S/C37H40N8O7/c1-37(2,3)51-36(48)38-19-8-20-43-23-27(22-42(43)4)26-13-17-29(18-14-26)50-24-32(52-45-34(46)30-9-6-7-10-31(30)35(45)47)33-39-41-44(40-33)21-25-11-15-28(49-5)16-12-25/h6-7,9-18,22-23,32H,8,19-21,24H2,1-5H3/p+1. The number of hydroxylamine groups is 2. The third kappa shape index (κ3) is 8.61. The van der Waals surface area contributed by atoms with Gasteiger partial charge in [0.15, 0.2) is 13.2 Å². The first-order valence-electron chi connectivity index (χ1n) is 16.8. The van der Waals surface area contributed by atoms with E-state index >= 15 is 0 Å². The molecule has 52 heavy (non-hydrogen) atoms. The van der Waals surface area contributed by atoms with Crippen LogP contribution in [0.5, 0.6) is 11.5 Å². The Bertz CT molecular complexity index is 2000. The van der Waals surface area contributed by atoms with Crippen LogP contribution in [0.15, 0.2) is 85.2 Å². The number of hydrogen-bond acceptors (Lipinski definition) is 10. The largest absolute Gasteiger partial charge is 0.497 e. The van der Waals surface area contributed by atoms with Gasteiger partial charge in [0.25, 0.3) is 11.8 Å². The van der Waals surface area contributed by atoms with E-state index in [1.165, 1.54) is 4.80 Å². The first-order valence-corrected chi connectivity index (χ1v) is 16.8. The summed E-state index contributed by atoms with van der Waals surface area (Å²) in [7, 11) is 3.56. The van der Waals surface area contributed by atoms with Crippen molar-refractivity contribution >= 4 is 17.9 Å². The Balaban J connectivity index is 1.11. The van der Waals surface area contributed by atoms with Crippen molar-refractivity contribution in [2.45, 2.75) is 52.0 Å². The zero-order valence-electron chi connectivity index (χ0n) is 29.7. The predicted molar refractivity (Wildman–Crippen MR) is 186 cm³/mol. The van der Waals surface area contributed by atoms with E-state index in [0.29, 0.717) is 25.4 Å². The van der Waals surface area contributed by atoms with E-state index in [2.05, 4.69) is 25.4 Å². The lowest BCUT2D eigenvalue weighted by Crippen LogP contribution is -2.39. The van der Waals surface area contributed by atoms with E-state index in [0.717, 1.165) is 33.9 Å². The van der Waals surface area contributed by atoms with Gasteiger partial charge in [0.05, 0.1) is 43.1 Å². The quantitative estimate of drug-likeness (QED) is 0.100. The number of nitrogens with one attached hydrogen (secondary N) is 1. The Labute approximate surface area is 300 Å². The van der Waals surface area contributed by atoms with Crippen LogP contribution in [0.4, 0.5) is 4.79 Å². The summed E-state index contributed by atoms with van der Waals surface area (Å²) in [6.07, 6.45) is 3.30. The number of aryl methyl sites for hydroxylation is 2. The van der Waals surface area contributed by atoms with Gasteiger partial charge in [-0.15, -0.1) is 19.9 Å². The van der Waals surface area contributed by atoms with Crippen LogP contribution in [0.1, 0.15) is 65.4 Å². The fraction of sp³-hybridized carbons (Fsp3) is 0.324. The van der Waals surface area contributed by atoms with Crippen LogP contribution in [0.25, 0.3) is 11.1 Å². The van der Waals surface area contributed by atoms with Gasteiger partial charge in [0.1, 0.15) is 23.7 Å². The molecule has 1 aliphatic rings. The molecule has 15 nitrogen and oxygen atoms in total. The summed E-state index contributed by atoms with van der Waals surface area (Å²) in [6.45, 7) is 6.87. The number of fused-ring (bicyclic) bond motifs is 1. The molecule has 0 bridgehead atoms. The Morgan fingerprint density at radius 3 is 2.25 bits per heavy atom. The van der Waals surface area contributed by atoms with Crippen molar-refractivity contribution < 1.29 is 38.1 Å². The summed E-state index contributed by atoms with van der Waals surface area (Å²) >= 11 is 0. The van der Waals surface area contributed by atoms with Gasteiger partial charge in [0, 0.05) is 6.54 Å². The molecule has 0 saturated carbocycles. The molecular weight excluding hydrogens is 668 g/mol. The minimum Gasteiger partial charge on any atom is -0.497 e. The van der Waals surface area contributed by atoms with E-state index in [9.17, 15) is 14.4 Å². The molecule has 0 fully saturated rings. The summed E-state index contributed by atoms with van der Waals surface area (Å²) in [5.41, 5.74) is 2.84. The molecule has 1 aliphatic heterocycles. The Morgan fingerprint density at radius 2 is 1.60 bits per heavy atom. The zero-order chi connectivity index (χ0) is 36.8. The fourth-order valence-corrected chi connectivity index (χ4v) is 5.48. The van der Waals surface area contributed by atoms with Crippen LogP contribution in [0, 0.1) is 0 Å². The number of carbonyl (C=O) groups excluding carboxylic acids is 3. The first-order chi connectivity index (χ1) is 25.0. The van der Waals surface area contributed by atoms with E-state index in [-0.39, 0.29) is 23.6 Å². The molecule has 15 heteroatoms. The third-order valence-electron chi connectivity index (χ3n) is 8.07. The molecule has 1 atom stereocenters. The van der Waals surface area contributed by atoms with Crippen molar-refractivity contribution in [1.82, 2.24) is 35.3 Å². The van der Waals surface area contributed by atoms with Crippen molar-refractivity contribution in [1.29, 1.82) is 0 Å². The highest BCUT2D eigenvalue weighted by Crippen LogP contribution is 2.28. The number of carbonyl (C=O) groups is 3. The van der Waals surface area contributed by atoms with E-state index < -0.39 is 29.6 Å². The van der Waals surface area contributed by atoms with Crippen LogP contribution >= 0.6 is 0 Å². The van der Waals surface area contributed by atoms with Gasteiger partial charge in [-0.05, 0) is 79.9 Å². The third-order valence-corrected chi connectivity index (χ3v) is 8.07. The summed E-state index contributed by atoms with van der Waals surface area (Å²) in [5.74, 6) is 0.226. The number of ether oxygens (including phenoxy) is 3. The Morgan fingerprint density at radius 1 is 0.923 bits per heavy atom. The van der Waals surface area contributed by atoms with Crippen LogP contribution < -0.4 is 19.5 Å². The van der Waals surface area contributed by atoms with Crippen LogP contribution in [-0.4, -0.2) is 73.7 Å². The second-order valence-electron chi connectivity index (χ2n) is 13.1. The van der Waals surface area contributed by atoms with Gasteiger partial charge >= 0.3 is 6.09 Å². The van der Waals surface area contributed by atoms with Gasteiger partial charge in [-0.25, -0.2) is 9.63 Å². The lowest BCUT2D eigenvalue weighted by Gasteiger charge is -2.20. The minimum absolute atomic E-state index is 0.121. The molecule has 2 aromatic heterocycles. The zero-order valence-corrected chi connectivity index (χ0v) is 29.7. The Kier molecular flexibility index (Phi) is 10.6. The lowest BCUT2D eigenvalue weighted by atomic mass is 10.1. The second kappa shape index (κ2) is 15.4. The average molecular weight is 710 g/mol. The minimum atomic E-state index is -1.05. The van der Waals surface area contributed by atoms with E-state index in [1.807, 2.05) is 93.4 Å². The molecule has 5 aromatic rings. The number of aromatic nitrogens is 6. The van der Waals surface area contributed by atoms with Crippen LogP contribution in [-0.2, 0) is 29.7 Å². The highest BCUT2D eigenvalue weighted by molar-refractivity contribution is 6.20. The normalized spacial score (nSPS) is 13.2. The molecule has 0 radical (unpaired) electrons. The number of imide groups is 1. The second-order valence-corrected chi connectivity index (χ2v) is 13.1. The van der Waals surface area contributed by atoms with Gasteiger partial charge in [-0.3, -0.25) is 9.59 Å². The SMILES string of the molecule is COc1ccc(Cn2nnc(C(COc3ccc(-c4cn(CCCNC(=O)OC(C)(C)C)[n+](C)c4)cc3)ON3C(=O)c4ccccc4C3=O)n2)cc1. The molecule has 3 aromatic carbocycles. The maximum Gasteiger partial charge on any atom is 0.407 e. The number of hydrogen-bond donors (Lipinski definition) is 1. The number of nitrogens with zero attached hydrogens (tertiary/aromatic N) is 7. The van der Waals surface area contributed by atoms with Crippen molar-refractivity contribution in [3.63, 3.8) is 0 Å². The van der Waals surface area contributed by atoms with E-state index in [4.69, 9.17) is 19.0 Å².